The fourth-order valence-corrected chi connectivity index (χ4v) is 1.06. The standard InChI is InChI=1S/C10H13F2N3O2/c1-17-9(16)8-4-7(2-3-14-8)15-6-10(11,12)5-13/h2-4H,5-6,13H2,1H3,(H,14,15). The fraction of sp³-hybridized carbons (Fsp3) is 0.400. The van der Waals surface area contributed by atoms with Crippen molar-refractivity contribution >= 4 is 11.7 Å². The van der Waals surface area contributed by atoms with Crippen LogP contribution >= 0.6 is 0 Å². The van der Waals surface area contributed by atoms with Crippen LogP contribution in [0.4, 0.5) is 14.5 Å². The van der Waals surface area contributed by atoms with Crippen LogP contribution in [0, 0.1) is 0 Å². The third kappa shape index (κ3) is 3.95. The highest BCUT2D eigenvalue weighted by Crippen LogP contribution is 2.14. The molecule has 0 bridgehead atoms. The molecule has 0 saturated heterocycles. The zero-order valence-corrected chi connectivity index (χ0v) is 9.24. The quantitative estimate of drug-likeness (QED) is 0.753. The van der Waals surface area contributed by atoms with Gasteiger partial charge >= 0.3 is 5.97 Å². The Morgan fingerprint density at radius 3 is 2.94 bits per heavy atom. The van der Waals surface area contributed by atoms with Crippen LogP contribution in [0.1, 0.15) is 10.5 Å². The van der Waals surface area contributed by atoms with Crippen LogP contribution in [0.15, 0.2) is 18.3 Å². The van der Waals surface area contributed by atoms with Crippen LogP contribution in [0.25, 0.3) is 0 Å². The number of nitrogens with zero attached hydrogens (tertiary/aromatic N) is 1. The number of ether oxygens (including phenoxy) is 1. The van der Waals surface area contributed by atoms with Crippen molar-refractivity contribution in [3.63, 3.8) is 0 Å². The lowest BCUT2D eigenvalue weighted by molar-refractivity contribution is 0.0254. The number of nitrogens with two attached hydrogens (primary N) is 1. The first-order valence-corrected chi connectivity index (χ1v) is 4.84. The van der Waals surface area contributed by atoms with Gasteiger partial charge in [0.1, 0.15) is 5.69 Å². The minimum absolute atomic E-state index is 0.0496. The van der Waals surface area contributed by atoms with Crippen LogP contribution in [-0.4, -0.2) is 37.1 Å². The summed E-state index contributed by atoms with van der Waals surface area (Å²) in [5.41, 5.74) is 5.30. The average molecular weight is 245 g/mol. The minimum Gasteiger partial charge on any atom is -0.464 e. The minimum atomic E-state index is -2.99. The van der Waals surface area contributed by atoms with E-state index in [1.165, 1.54) is 25.4 Å². The first-order chi connectivity index (χ1) is 7.98. The van der Waals surface area contributed by atoms with Crippen LogP contribution in [0.2, 0.25) is 0 Å². The zero-order valence-electron chi connectivity index (χ0n) is 9.24. The number of hydrogen-bond donors (Lipinski definition) is 2. The molecular weight excluding hydrogens is 232 g/mol. The van der Waals surface area contributed by atoms with E-state index in [9.17, 15) is 13.6 Å². The van der Waals surface area contributed by atoms with Gasteiger partial charge in [-0.2, -0.15) is 0 Å². The molecule has 1 aromatic rings. The number of anilines is 1. The highest BCUT2D eigenvalue weighted by Gasteiger charge is 2.26. The number of aromatic nitrogens is 1. The molecule has 94 valence electrons. The molecule has 7 heteroatoms. The van der Waals surface area contributed by atoms with Crippen molar-refractivity contribution in [3.05, 3.63) is 24.0 Å². The van der Waals surface area contributed by atoms with Gasteiger partial charge in [0.15, 0.2) is 0 Å². The molecule has 0 spiro atoms. The van der Waals surface area contributed by atoms with E-state index in [1.807, 2.05) is 0 Å². The molecule has 3 N–H and O–H groups in total. The summed E-state index contributed by atoms with van der Waals surface area (Å²) in [5.74, 6) is -3.62. The first kappa shape index (κ1) is 13.3. The molecule has 0 atom stereocenters. The Hall–Kier alpha value is -1.76. The molecule has 1 rings (SSSR count). The Labute approximate surface area is 97.0 Å². The molecule has 1 aromatic heterocycles. The van der Waals surface area contributed by atoms with Gasteiger partial charge in [-0.25, -0.2) is 18.6 Å². The maximum absolute atomic E-state index is 12.9. The maximum Gasteiger partial charge on any atom is 0.356 e. The van der Waals surface area contributed by atoms with Crippen molar-refractivity contribution in [2.45, 2.75) is 5.92 Å². The third-order valence-electron chi connectivity index (χ3n) is 2.00. The molecule has 0 fully saturated rings. The van der Waals surface area contributed by atoms with Gasteiger partial charge in [0.2, 0.25) is 0 Å². The molecule has 0 aromatic carbocycles. The second-order valence-corrected chi connectivity index (χ2v) is 3.33. The van der Waals surface area contributed by atoms with E-state index < -0.39 is 25.0 Å². The number of methoxy groups -OCH3 is 1. The molecule has 0 radical (unpaired) electrons. The van der Waals surface area contributed by atoms with Crippen molar-refractivity contribution in [2.24, 2.45) is 5.73 Å². The number of pyridine rings is 1. The monoisotopic (exact) mass is 245 g/mol. The summed E-state index contributed by atoms with van der Waals surface area (Å²) in [6, 6.07) is 2.80. The molecule has 0 unspecified atom stereocenters. The van der Waals surface area contributed by atoms with Crippen molar-refractivity contribution in [1.29, 1.82) is 0 Å². The van der Waals surface area contributed by atoms with Gasteiger partial charge in [0.25, 0.3) is 5.92 Å². The molecule has 17 heavy (non-hydrogen) atoms. The van der Waals surface area contributed by atoms with Gasteiger partial charge < -0.3 is 15.8 Å². The van der Waals surface area contributed by atoms with E-state index in [0.29, 0.717) is 5.69 Å². The van der Waals surface area contributed by atoms with Gasteiger partial charge in [0.05, 0.1) is 20.2 Å². The van der Waals surface area contributed by atoms with Crippen LogP contribution in [0.5, 0.6) is 0 Å². The van der Waals surface area contributed by atoms with Crippen molar-refractivity contribution in [1.82, 2.24) is 4.98 Å². The molecule has 5 nitrogen and oxygen atoms in total. The summed E-state index contributed by atoms with van der Waals surface area (Å²) in [6.45, 7) is -1.34. The topological polar surface area (TPSA) is 77.2 Å². The maximum atomic E-state index is 12.9. The van der Waals surface area contributed by atoms with E-state index in [2.05, 4.69) is 15.0 Å². The largest absolute Gasteiger partial charge is 0.464 e. The SMILES string of the molecule is COC(=O)c1cc(NCC(F)(F)CN)ccn1. The fourth-order valence-electron chi connectivity index (χ4n) is 1.06. The molecule has 0 aliphatic rings. The van der Waals surface area contributed by atoms with Crippen molar-refractivity contribution in [3.8, 4) is 0 Å². The lowest BCUT2D eigenvalue weighted by Gasteiger charge is -2.15. The lowest BCUT2D eigenvalue weighted by atomic mass is 10.3. The number of carbonyl (C=O) groups is 1. The number of hydrogen-bond acceptors (Lipinski definition) is 5. The Bertz CT molecular complexity index is 399. The van der Waals surface area contributed by atoms with Crippen LogP contribution < -0.4 is 11.1 Å². The summed E-state index contributed by atoms with van der Waals surface area (Å²) in [7, 11) is 1.21. The number of alkyl halides is 2. The molecule has 0 aliphatic heterocycles. The van der Waals surface area contributed by atoms with Gasteiger partial charge in [-0.3, -0.25) is 0 Å². The average Bonchev–Trinajstić information content (AvgIpc) is 2.36. The second-order valence-electron chi connectivity index (χ2n) is 3.33. The number of rotatable bonds is 5. The highest BCUT2D eigenvalue weighted by atomic mass is 19.3. The van der Waals surface area contributed by atoms with Gasteiger partial charge in [0, 0.05) is 11.9 Å². The van der Waals surface area contributed by atoms with E-state index >= 15 is 0 Å². The summed E-state index contributed by atoms with van der Waals surface area (Å²) in [6.07, 6.45) is 1.33. The van der Waals surface area contributed by atoms with Crippen LogP contribution in [0.3, 0.4) is 0 Å². The number of carbonyl (C=O) groups excluding carboxylic acids is 1. The van der Waals surface area contributed by atoms with E-state index in [4.69, 9.17) is 5.73 Å². The predicted molar refractivity (Wildman–Crippen MR) is 58.1 cm³/mol. The Balaban J connectivity index is 2.70. The number of halogens is 2. The Kier molecular flexibility index (Phi) is 4.33. The van der Waals surface area contributed by atoms with Crippen molar-refractivity contribution in [2.75, 3.05) is 25.5 Å². The highest BCUT2D eigenvalue weighted by molar-refractivity contribution is 5.88. The third-order valence-corrected chi connectivity index (χ3v) is 2.00. The van der Waals surface area contributed by atoms with Gasteiger partial charge in [-0.15, -0.1) is 0 Å². The summed E-state index contributed by atoms with van der Waals surface area (Å²) >= 11 is 0. The molecule has 0 amide bonds. The normalized spacial score (nSPS) is 11.1. The van der Waals surface area contributed by atoms with Gasteiger partial charge in [-0.05, 0) is 12.1 Å². The second kappa shape index (κ2) is 5.53. The molecule has 1 heterocycles. The first-order valence-electron chi connectivity index (χ1n) is 4.84. The Morgan fingerprint density at radius 1 is 1.65 bits per heavy atom. The lowest BCUT2D eigenvalue weighted by Crippen LogP contribution is -2.35. The predicted octanol–water partition coefficient (Wildman–Crippen LogP) is 0.874. The zero-order chi connectivity index (χ0) is 12.9. The summed E-state index contributed by atoms with van der Waals surface area (Å²) in [4.78, 5) is 14.9. The number of nitrogens with one attached hydrogen (secondary N) is 1. The molecule has 0 saturated carbocycles. The van der Waals surface area contributed by atoms with Crippen molar-refractivity contribution < 1.29 is 18.3 Å². The number of esters is 1. The smallest absolute Gasteiger partial charge is 0.356 e. The Morgan fingerprint density at radius 2 is 2.35 bits per heavy atom. The molecule has 0 aliphatic carbocycles. The van der Waals surface area contributed by atoms with E-state index in [0.717, 1.165) is 0 Å². The van der Waals surface area contributed by atoms with E-state index in [-0.39, 0.29) is 5.69 Å². The summed E-state index contributed by atoms with van der Waals surface area (Å²) < 4.78 is 30.2. The molecular formula is C10H13F2N3O2. The summed E-state index contributed by atoms with van der Waals surface area (Å²) in [5, 5.41) is 2.48. The van der Waals surface area contributed by atoms with E-state index in [1.54, 1.807) is 0 Å². The van der Waals surface area contributed by atoms with Gasteiger partial charge in [-0.1, -0.05) is 0 Å². The van der Waals surface area contributed by atoms with Crippen LogP contribution in [-0.2, 0) is 4.74 Å².